The van der Waals surface area contributed by atoms with Crippen LogP contribution in [0.25, 0.3) is 11.0 Å². The third-order valence-corrected chi connectivity index (χ3v) is 3.84. The van der Waals surface area contributed by atoms with Crippen LogP contribution in [0.2, 0.25) is 0 Å². The number of aromatic nitrogens is 2. The Balaban J connectivity index is 1.60. The molecule has 0 saturated carbocycles. The van der Waals surface area contributed by atoms with Gasteiger partial charge in [0.2, 0.25) is 0 Å². The topological polar surface area (TPSA) is 31.9 Å². The van der Waals surface area contributed by atoms with E-state index in [1.54, 1.807) is 0 Å². The first kappa shape index (κ1) is 13.4. The Hall–Kier alpha value is -1.56. The predicted octanol–water partition coefficient (Wildman–Crippen LogP) is 3.16. The lowest BCUT2D eigenvalue weighted by Crippen LogP contribution is -2.48. The number of halogens is 3. The van der Waals surface area contributed by atoms with Crippen LogP contribution in [0.15, 0.2) is 24.3 Å². The lowest BCUT2D eigenvalue weighted by Gasteiger charge is -2.39. The maximum Gasteiger partial charge on any atom is 0.392 e. The zero-order valence-electron chi connectivity index (χ0n) is 11.1. The van der Waals surface area contributed by atoms with Gasteiger partial charge >= 0.3 is 6.18 Å². The molecule has 108 valence electrons. The quantitative estimate of drug-likeness (QED) is 0.938. The Morgan fingerprint density at radius 3 is 2.70 bits per heavy atom. The van der Waals surface area contributed by atoms with Crippen molar-refractivity contribution in [3.05, 3.63) is 30.1 Å². The molecule has 1 aliphatic heterocycles. The molecule has 1 aliphatic rings. The Morgan fingerprint density at radius 2 is 2.05 bits per heavy atom. The molecule has 2 heterocycles. The second-order valence-electron chi connectivity index (χ2n) is 5.50. The summed E-state index contributed by atoms with van der Waals surface area (Å²) in [5.74, 6) is -0.191. The summed E-state index contributed by atoms with van der Waals surface area (Å²) < 4.78 is 37.5. The van der Waals surface area contributed by atoms with Gasteiger partial charge in [-0.2, -0.15) is 13.2 Å². The first-order chi connectivity index (χ1) is 9.43. The molecule has 0 spiro atoms. The fourth-order valence-electron chi connectivity index (χ4n) is 2.55. The van der Waals surface area contributed by atoms with E-state index in [4.69, 9.17) is 0 Å². The third-order valence-electron chi connectivity index (χ3n) is 3.84. The number of hydrogen-bond donors (Lipinski definition) is 1. The number of alkyl halides is 3. The van der Waals surface area contributed by atoms with Crippen LogP contribution in [0.1, 0.15) is 18.7 Å². The number of para-hydroxylation sites is 2. The van der Waals surface area contributed by atoms with Crippen molar-refractivity contribution in [2.75, 3.05) is 19.6 Å². The number of nitrogens with zero attached hydrogens (tertiary/aromatic N) is 2. The molecule has 0 bridgehead atoms. The van der Waals surface area contributed by atoms with Crippen molar-refractivity contribution in [3.63, 3.8) is 0 Å². The summed E-state index contributed by atoms with van der Waals surface area (Å²) in [6, 6.07) is 7.74. The molecule has 1 fully saturated rings. The molecule has 0 radical (unpaired) electrons. The van der Waals surface area contributed by atoms with Crippen LogP contribution in [0, 0.1) is 5.92 Å². The van der Waals surface area contributed by atoms with Gasteiger partial charge in [0.25, 0.3) is 0 Å². The van der Waals surface area contributed by atoms with Crippen molar-refractivity contribution >= 4 is 11.0 Å². The zero-order valence-corrected chi connectivity index (χ0v) is 11.1. The summed E-state index contributed by atoms with van der Waals surface area (Å²) in [4.78, 5) is 9.56. The van der Waals surface area contributed by atoms with Crippen LogP contribution in [-0.2, 0) is 0 Å². The van der Waals surface area contributed by atoms with Crippen LogP contribution in [-0.4, -0.2) is 40.7 Å². The van der Waals surface area contributed by atoms with Crippen LogP contribution >= 0.6 is 0 Å². The van der Waals surface area contributed by atoms with E-state index in [0.29, 0.717) is 13.1 Å². The van der Waals surface area contributed by atoms with Gasteiger partial charge in [0.05, 0.1) is 17.0 Å². The number of aromatic amines is 1. The fraction of sp³-hybridized carbons (Fsp3) is 0.500. The average Bonchev–Trinajstić information content (AvgIpc) is 2.74. The highest BCUT2D eigenvalue weighted by Gasteiger charge is 2.40. The first-order valence-electron chi connectivity index (χ1n) is 6.67. The van der Waals surface area contributed by atoms with Gasteiger partial charge in [-0.05, 0) is 12.1 Å². The molecule has 0 unspecified atom stereocenters. The van der Waals surface area contributed by atoms with Gasteiger partial charge in [-0.25, -0.2) is 4.98 Å². The molecule has 0 amide bonds. The van der Waals surface area contributed by atoms with E-state index in [9.17, 15) is 13.2 Å². The molecule has 1 N–H and O–H groups in total. The smallest absolute Gasteiger partial charge is 0.342 e. The molecule has 1 atom stereocenters. The minimum atomic E-state index is -4.11. The Bertz CT molecular complexity index is 566. The minimum absolute atomic E-state index is 0.0697. The molecule has 1 aromatic heterocycles. The maximum absolute atomic E-state index is 12.5. The number of H-pyrrole nitrogens is 1. The highest BCUT2D eigenvalue weighted by molar-refractivity contribution is 5.74. The van der Waals surface area contributed by atoms with Gasteiger partial charge in [0, 0.05) is 25.6 Å². The van der Waals surface area contributed by atoms with E-state index in [1.807, 2.05) is 29.2 Å². The van der Waals surface area contributed by atoms with Gasteiger partial charge in [0.15, 0.2) is 0 Å². The van der Waals surface area contributed by atoms with E-state index in [1.165, 1.54) is 6.92 Å². The normalized spacial score (nSPS) is 19.2. The van der Waals surface area contributed by atoms with Gasteiger partial charge in [-0.15, -0.1) is 0 Å². The summed E-state index contributed by atoms with van der Waals surface area (Å²) >= 11 is 0. The number of rotatable bonds is 3. The molecule has 3 rings (SSSR count). The summed E-state index contributed by atoms with van der Waals surface area (Å²) in [5, 5.41) is 0. The SMILES string of the molecule is C[C@@H](CN1CC(c2nc3ccccc3[nH]2)C1)C(F)(F)F. The van der Waals surface area contributed by atoms with Crippen molar-refractivity contribution in [2.24, 2.45) is 5.92 Å². The van der Waals surface area contributed by atoms with Crippen molar-refractivity contribution in [3.8, 4) is 0 Å². The maximum atomic E-state index is 12.5. The number of benzene rings is 1. The summed E-state index contributed by atoms with van der Waals surface area (Å²) in [6.45, 7) is 2.58. The second kappa shape index (κ2) is 4.77. The molecule has 3 nitrogen and oxygen atoms in total. The van der Waals surface area contributed by atoms with Crippen LogP contribution in [0.3, 0.4) is 0 Å². The molecule has 1 aromatic carbocycles. The largest absolute Gasteiger partial charge is 0.392 e. The second-order valence-corrected chi connectivity index (χ2v) is 5.50. The third kappa shape index (κ3) is 2.52. The molecular formula is C14H16F3N3. The molecule has 0 aliphatic carbocycles. The predicted molar refractivity (Wildman–Crippen MR) is 70.5 cm³/mol. The highest BCUT2D eigenvalue weighted by atomic mass is 19.4. The van der Waals surface area contributed by atoms with Crippen LogP contribution in [0.4, 0.5) is 13.2 Å². The zero-order chi connectivity index (χ0) is 14.3. The Kier molecular flexibility index (Phi) is 3.20. The standard InChI is InChI=1S/C14H16F3N3/c1-9(14(15,16)17)6-20-7-10(8-20)13-18-11-4-2-3-5-12(11)19-13/h2-5,9-10H,6-8H2,1H3,(H,18,19)/t9-/m0/s1. The van der Waals surface area contributed by atoms with Crippen LogP contribution < -0.4 is 0 Å². The molecule has 20 heavy (non-hydrogen) atoms. The average molecular weight is 283 g/mol. The number of hydrogen-bond acceptors (Lipinski definition) is 2. The van der Waals surface area contributed by atoms with Gasteiger partial charge < -0.3 is 9.88 Å². The minimum Gasteiger partial charge on any atom is -0.342 e. The van der Waals surface area contributed by atoms with Gasteiger partial charge in [-0.1, -0.05) is 19.1 Å². The van der Waals surface area contributed by atoms with Crippen molar-refractivity contribution in [1.29, 1.82) is 0 Å². The summed E-state index contributed by atoms with van der Waals surface area (Å²) in [7, 11) is 0. The van der Waals surface area contributed by atoms with Crippen molar-refractivity contribution < 1.29 is 13.2 Å². The van der Waals surface area contributed by atoms with E-state index >= 15 is 0 Å². The summed E-state index contributed by atoms with van der Waals surface area (Å²) in [5.41, 5.74) is 1.88. The number of likely N-dealkylation sites (tertiary alicyclic amines) is 1. The van der Waals surface area contributed by atoms with E-state index < -0.39 is 12.1 Å². The first-order valence-corrected chi connectivity index (χ1v) is 6.67. The molecule has 1 saturated heterocycles. The van der Waals surface area contributed by atoms with Crippen molar-refractivity contribution in [2.45, 2.75) is 19.0 Å². The lowest BCUT2D eigenvalue weighted by atomic mass is 9.97. The van der Waals surface area contributed by atoms with Crippen molar-refractivity contribution in [1.82, 2.24) is 14.9 Å². The fourth-order valence-corrected chi connectivity index (χ4v) is 2.55. The number of imidazole rings is 1. The molecular weight excluding hydrogens is 267 g/mol. The highest BCUT2D eigenvalue weighted by Crippen LogP contribution is 2.31. The number of nitrogens with one attached hydrogen (secondary N) is 1. The van der Waals surface area contributed by atoms with Crippen LogP contribution in [0.5, 0.6) is 0 Å². The van der Waals surface area contributed by atoms with E-state index in [2.05, 4.69) is 9.97 Å². The van der Waals surface area contributed by atoms with E-state index in [0.717, 1.165) is 16.9 Å². The van der Waals surface area contributed by atoms with E-state index in [-0.39, 0.29) is 12.5 Å². The van der Waals surface area contributed by atoms with Gasteiger partial charge in [0.1, 0.15) is 5.82 Å². The monoisotopic (exact) mass is 283 g/mol. The molecule has 6 heteroatoms. The Morgan fingerprint density at radius 1 is 1.35 bits per heavy atom. The lowest BCUT2D eigenvalue weighted by molar-refractivity contribution is -0.176. The Labute approximate surface area is 114 Å². The molecule has 2 aromatic rings. The summed E-state index contributed by atoms with van der Waals surface area (Å²) in [6.07, 6.45) is -4.11. The number of fused-ring (bicyclic) bond motifs is 1. The van der Waals surface area contributed by atoms with Gasteiger partial charge in [-0.3, -0.25) is 0 Å².